The van der Waals surface area contributed by atoms with Crippen LogP contribution in [0.4, 0.5) is 5.69 Å². The summed E-state index contributed by atoms with van der Waals surface area (Å²) in [6.45, 7) is 2.48. The quantitative estimate of drug-likeness (QED) is 0.771. The second-order valence-electron chi connectivity index (χ2n) is 4.93. The predicted octanol–water partition coefficient (Wildman–Crippen LogP) is 4.09. The molecule has 0 saturated carbocycles. The molecule has 0 bridgehead atoms. The van der Waals surface area contributed by atoms with Gasteiger partial charge in [0.15, 0.2) is 5.76 Å². The van der Waals surface area contributed by atoms with Gasteiger partial charge in [-0.1, -0.05) is 6.07 Å². The molecule has 0 aliphatic heterocycles. The van der Waals surface area contributed by atoms with Gasteiger partial charge in [-0.3, -0.25) is 4.79 Å². The third-order valence-electron chi connectivity index (χ3n) is 3.35. The SMILES string of the molecule is CCOc1cccc(NC(=O)c2cc3cc(OC)ccc3o2)c1. The van der Waals surface area contributed by atoms with Crippen molar-refractivity contribution in [2.75, 3.05) is 19.0 Å². The third kappa shape index (κ3) is 3.29. The highest BCUT2D eigenvalue weighted by Gasteiger charge is 2.13. The van der Waals surface area contributed by atoms with Gasteiger partial charge in [-0.05, 0) is 43.3 Å². The first-order chi connectivity index (χ1) is 11.2. The molecular weight excluding hydrogens is 294 g/mol. The van der Waals surface area contributed by atoms with Gasteiger partial charge >= 0.3 is 0 Å². The van der Waals surface area contributed by atoms with Crippen LogP contribution in [-0.2, 0) is 0 Å². The summed E-state index contributed by atoms with van der Waals surface area (Å²) in [6, 6.07) is 14.3. The zero-order chi connectivity index (χ0) is 16.2. The third-order valence-corrected chi connectivity index (χ3v) is 3.35. The molecule has 1 N–H and O–H groups in total. The number of carbonyl (C=O) groups excluding carboxylic acids is 1. The van der Waals surface area contributed by atoms with Crippen LogP contribution in [0.25, 0.3) is 11.0 Å². The summed E-state index contributed by atoms with van der Waals surface area (Å²) in [6.07, 6.45) is 0. The fourth-order valence-electron chi connectivity index (χ4n) is 2.28. The van der Waals surface area contributed by atoms with Gasteiger partial charge in [-0.25, -0.2) is 0 Å². The second kappa shape index (κ2) is 6.44. The van der Waals surface area contributed by atoms with Gasteiger partial charge in [0, 0.05) is 17.1 Å². The monoisotopic (exact) mass is 311 g/mol. The van der Waals surface area contributed by atoms with Gasteiger partial charge in [0.2, 0.25) is 0 Å². The van der Waals surface area contributed by atoms with Gasteiger partial charge in [0.05, 0.1) is 13.7 Å². The molecular formula is C18H17NO4. The zero-order valence-electron chi connectivity index (χ0n) is 13.0. The van der Waals surface area contributed by atoms with Gasteiger partial charge in [-0.2, -0.15) is 0 Å². The Balaban J connectivity index is 1.81. The van der Waals surface area contributed by atoms with Crippen molar-refractivity contribution in [1.82, 2.24) is 0 Å². The van der Waals surface area contributed by atoms with Gasteiger partial charge in [-0.15, -0.1) is 0 Å². The molecule has 2 aromatic carbocycles. The number of rotatable bonds is 5. The Kier molecular flexibility index (Phi) is 4.19. The fraction of sp³-hybridized carbons (Fsp3) is 0.167. The summed E-state index contributed by atoms with van der Waals surface area (Å²) >= 11 is 0. The molecule has 0 aliphatic carbocycles. The smallest absolute Gasteiger partial charge is 0.291 e. The highest BCUT2D eigenvalue weighted by molar-refractivity contribution is 6.04. The van der Waals surface area contributed by atoms with Crippen LogP contribution >= 0.6 is 0 Å². The molecule has 5 heteroatoms. The van der Waals surface area contributed by atoms with Crippen LogP contribution in [0.5, 0.6) is 11.5 Å². The van der Waals surface area contributed by atoms with Crippen LogP contribution in [-0.4, -0.2) is 19.6 Å². The van der Waals surface area contributed by atoms with E-state index in [0.29, 0.717) is 23.6 Å². The predicted molar refractivity (Wildman–Crippen MR) is 88.3 cm³/mol. The molecule has 1 amide bonds. The fourth-order valence-corrected chi connectivity index (χ4v) is 2.28. The van der Waals surface area contributed by atoms with Crippen molar-refractivity contribution in [3.63, 3.8) is 0 Å². The highest BCUT2D eigenvalue weighted by Crippen LogP contribution is 2.25. The van der Waals surface area contributed by atoms with E-state index in [-0.39, 0.29) is 11.7 Å². The molecule has 118 valence electrons. The lowest BCUT2D eigenvalue weighted by Crippen LogP contribution is -2.10. The van der Waals surface area contributed by atoms with E-state index in [1.807, 2.05) is 25.1 Å². The van der Waals surface area contributed by atoms with Crippen molar-refractivity contribution in [2.45, 2.75) is 6.92 Å². The highest BCUT2D eigenvalue weighted by atomic mass is 16.5. The van der Waals surface area contributed by atoms with Crippen molar-refractivity contribution < 1.29 is 18.7 Å². The average molecular weight is 311 g/mol. The topological polar surface area (TPSA) is 60.7 Å². The van der Waals surface area contributed by atoms with Gasteiger partial charge < -0.3 is 19.2 Å². The molecule has 0 aliphatic rings. The van der Waals surface area contributed by atoms with E-state index in [0.717, 1.165) is 11.1 Å². The minimum atomic E-state index is -0.311. The second-order valence-corrected chi connectivity index (χ2v) is 4.93. The van der Waals surface area contributed by atoms with E-state index < -0.39 is 0 Å². The van der Waals surface area contributed by atoms with Crippen molar-refractivity contribution in [2.24, 2.45) is 0 Å². The first kappa shape index (κ1) is 15.0. The molecule has 0 radical (unpaired) electrons. The number of nitrogens with one attached hydrogen (secondary N) is 1. The molecule has 1 aromatic heterocycles. The van der Waals surface area contributed by atoms with Crippen LogP contribution in [0, 0.1) is 0 Å². The van der Waals surface area contributed by atoms with E-state index in [1.54, 1.807) is 37.4 Å². The summed E-state index contributed by atoms with van der Waals surface area (Å²) in [7, 11) is 1.60. The van der Waals surface area contributed by atoms with Crippen LogP contribution in [0.15, 0.2) is 52.9 Å². The Morgan fingerprint density at radius 1 is 1.13 bits per heavy atom. The van der Waals surface area contributed by atoms with Crippen molar-refractivity contribution in [3.05, 3.63) is 54.3 Å². The first-order valence-corrected chi connectivity index (χ1v) is 7.31. The van der Waals surface area contributed by atoms with E-state index >= 15 is 0 Å². The number of furan rings is 1. The molecule has 1 heterocycles. The maximum atomic E-state index is 12.3. The average Bonchev–Trinajstić information content (AvgIpc) is 2.98. The lowest BCUT2D eigenvalue weighted by atomic mass is 10.2. The molecule has 23 heavy (non-hydrogen) atoms. The Bertz CT molecular complexity index is 838. The maximum absolute atomic E-state index is 12.3. The first-order valence-electron chi connectivity index (χ1n) is 7.31. The maximum Gasteiger partial charge on any atom is 0.291 e. The lowest BCUT2D eigenvalue weighted by molar-refractivity contribution is 0.0998. The van der Waals surface area contributed by atoms with Gasteiger partial charge in [0.1, 0.15) is 17.1 Å². The van der Waals surface area contributed by atoms with E-state index in [4.69, 9.17) is 13.9 Å². The number of hydrogen-bond acceptors (Lipinski definition) is 4. The summed E-state index contributed by atoms with van der Waals surface area (Å²) in [5.41, 5.74) is 1.29. The van der Waals surface area contributed by atoms with Crippen molar-refractivity contribution in [3.8, 4) is 11.5 Å². The number of fused-ring (bicyclic) bond motifs is 1. The molecule has 0 fully saturated rings. The number of amides is 1. The van der Waals surface area contributed by atoms with E-state index in [9.17, 15) is 4.79 Å². The number of methoxy groups -OCH3 is 1. The summed E-state index contributed by atoms with van der Waals surface area (Å²) in [5, 5.41) is 3.62. The van der Waals surface area contributed by atoms with Crippen LogP contribution in [0.1, 0.15) is 17.5 Å². The molecule has 0 saturated heterocycles. The van der Waals surface area contributed by atoms with E-state index in [1.165, 1.54) is 0 Å². The Morgan fingerprint density at radius 2 is 2.00 bits per heavy atom. The zero-order valence-corrected chi connectivity index (χ0v) is 13.0. The minimum absolute atomic E-state index is 0.245. The normalized spacial score (nSPS) is 10.5. The van der Waals surface area contributed by atoms with Crippen LogP contribution in [0.2, 0.25) is 0 Å². The summed E-state index contributed by atoms with van der Waals surface area (Å²) in [5.74, 6) is 1.36. The Hall–Kier alpha value is -2.95. The molecule has 3 aromatic rings. The Morgan fingerprint density at radius 3 is 2.78 bits per heavy atom. The van der Waals surface area contributed by atoms with Crippen LogP contribution < -0.4 is 14.8 Å². The molecule has 3 rings (SSSR count). The standard InChI is InChI=1S/C18H17NO4/c1-3-22-15-6-4-5-13(11-15)19-18(20)17-10-12-9-14(21-2)7-8-16(12)23-17/h4-11H,3H2,1-2H3,(H,19,20). The number of carbonyl (C=O) groups is 1. The molecule has 5 nitrogen and oxygen atoms in total. The molecule has 0 spiro atoms. The lowest BCUT2D eigenvalue weighted by Gasteiger charge is -2.06. The van der Waals surface area contributed by atoms with Crippen molar-refractivity contribution >= 4 is 22.6 Å². The Labute approximate surface area is 133 Å². The van der Waals surface area contributed by atoms with Crippen LogP contribution in [0.3, 0.4) is 0 Å². The molecule has 0 atom stereocenters. The number of benzene rings is 2. The summed E-state index contributed by atoms with van der Waals surface area (Å²) < 4.78 is 16.2. The largest absolute Gasteiger partial charge is 0.497 e. The van der Waals surface area contributed by atoms with Gasteiger partial charge in [0.25, 0.3) is 5.91 Å². The summed E-state index contributed by atoms with van der Waals surface area (Å²) in [4.78, 5) is 12.3. The number of ether oxygens (including phenoxy) is 2. The molecule has 0 unspecified atom stereocenters. The van der Waals surface area contributed by atoms with E-state index in [2.05, 4.69) is 5.32 Å². The number of anilines is 1. The number of hydrogen-bond donors (Lipinski definition) is 1. The van der Waals surface area contributed by atoms with Crippen molar-refractivity contribution in [1.29, 1.82) is 0 Å². The minimum Gasteiger partial charge on any atom is -0.497 e.